The zero-order valence-corrected chi connectivity index (χ0v) is 18.1. The highest BCUT2D eigenvalue weighted by Crippen LogP contribution is 2.49. The number of anilines is 1. The van der Waals surface area contributed by atoms with Crippen LogP contribution in [0.25, 0.3) is 5.69 Å². The molecular weight excluding hydrogens is 378 g/mol. The van der Waals surface area contributed by atoms with E-state index in [1.807, 2.05) is 36.4 Å². The van der Waals surface area contributed by atoms with Crippen molar-refractivity contribution in [2.45, 2.75) is 58.3 Å². The Hall–Kier alpha value is -2.63. The molecule has 0 radical (unpaired) electrons. The Morgan fingerprint density at radius 2 is 1.93 bits per heavy atom. The van der Waals surface area contributed by atoms with Crippen LogP contribution in [-0.4, -0.2) is 28.3 Å². The molecule has 1 aromatic carbocycles. The summed E-state index contributed by atoms with van der Waals surface area (Å²) in [5.74, 6) is 1.86. The molecule has 160 valence electrons. The van der Waals surface area contributed by atoms with Crippen LogP contribution in [0.3, 0.4) is 0 Å². The standard InChI is InChI=1S/C24H31N3O3/c1-24(2,3)20-14-21(27(26-20)19-7-5-4-6-8-19)25-22(28)15-30-23(29)13-18-12-16-9-10-17(18)11-16/h4-8,14,16-18H,9-13,15H2,1-3H3,(H,25,28)/t16-,17+,18-/m1/s1. The average Bonchev–Trinajstić information content (AvgIpc) is 3.42. The third-order valence-corrected chi connectivity index (χ3v) is 6.42. The van der Waals surface area contributed by atoms with Gasteiger partial charge in [0.25, 0.3) is 5.91 Å². The average molecular weight is 410 g/mol. The minimum atomic E-state index is -0.353. The number of ether oxygens (including phenoxy) is 1. The van der Waals surface area contributed by atoms with Gasteiger partial charge in [-0.05, 0) is 49.1 Å². The van der Waals surface area contributed by atoms with Crippen LogP contribution in [0.5, 0.6) is 0 Å². The van der Waals surface area contributed by atoms with E-state index in [0.717, 1.165) is 23.7 Å². The number of carbonyl (C=O) groups excluding carboxylic acids is 2. The minimum Gasteiger partial charge on any atom is -0.456 e. The highest BCUT2D eigenvalue weighted by atomic mass is 16.5. The summed E-state index contributed by atoms with van der Waals surface area (Å²) in [4.78, 5) is 24.7. The fourth-order valence-corrected chi connectivity index (χ4v) is 4.83. The summed E-state index contributed by atoms with van der Waals surface area (Å²) in [6.45, 7) is 5.96. The molecule has 2 fully saturated rings. The fraction of sp³-hybridized carbons (Fsp3) is 0.542. The second-order valence-corrected chi connectivity index (χ2v) is 9.76. The predicted octanol–water partition coefficient (Wildman–Crippen LogP) is 4.48. The lowest BCUT2D eigenvalue weighted by Gasteiger charge is -2.20. The second kappa shape index (κ2) is 8.25. The summed E-state index contributed by atoms with van der Waals surface area (Å²) < 4.78 is 7.00. The molecule has 0 unspecified atom stereocenters. The van der Waals surface area contributed by atoms with E-state index >= 15 is 0 Å². The topological polar surface area (TPSA) is 73.2 Å². The van der Waals surface area contributed by atoms with Gasteiger partial charge in [-0.25, -0.2) is 4.68 Å². The molecule has 1 N–H and O–H groups in total. The van der Waals surface area contributed by atoms with E-state index in [1.54, 1.807) is 4.68 Å². The molecule has 1 heterocycles. The molecule has 4 rings (SSSR count). The number of nitrogens with zero attached hydrogens (tertiary/aromatic N) is 2. The Morgan fingerprint density at radius 1 is 1.17 bits per heavy atom. The van der Waals surface area contributed by atoms with E-state index in [2.05, 4.69) is 31.2 Å². The molecule has 2 aromatic rings. The van der Waals surface area contributed by atoms with Crippen molar-refractivity contribution in [3.05, 3.63) is 42.1 Å². The monoisotopic (exact) mass is 409 g/mol. The molecule has 1 aromatic heterocycles. The SMILES string of the molecule is CC(C)(C)c1cc(NC(=O)COC(=O)C[C@H]2C[C@@H]3CC[C@H]2C3)n(-c2ccccc2)n1. The largest absolute Gasteiger partial charge is 0.456 e. The van der Waals surface area contributed by atoms with E-state index in [0.29, 0.717) is 24.1 Å². The van der Waals surface area contributed by atoms with E-state index in [1.165, 1.54) is 19.3 Å². The van der Waals surface area contributed by atoms with Gasteiger partial charge in [0.15, 0.2) is 6.61 Å². The summed E-state index contributed by atoms with van der Waals surface area (Å²) in [5, 5.41) is 7.55. The van der Waals surface area contributed by atoms with Gasteiger partial charge in [-0.2, -0.15) is 5.10 Å². The van der Waals surface area contributed by atoms with E-state index in [-0.39, 0.29) is 23.9 Å². The van der Waals surface area contributed by atoms with Crippen molar-refractivity contribution in [2.24, 2.45) is 17.8 Å². The summed E-state index contributed by atoms with van der Waals surface area (Å²) in [7, 11) is 0. The smallest absolute Gasteiger partial charge is 0.306 e. The fourth-order valence-electron chi connectivity index (χ4n) is 4.83. The normalized spacial score (nSPS) is 22.8. The van der Waals surface area contributed by atoms with Gasteiger partial charge in [-0.1, -0.05) is 45.4 Å². The molecule has 6 heteroatoms. The highest BCUT2D eigenvalue weighted by molar-refractivity contribution is 5.92. The number of hydrogen-bond donors (Lipinski definition) is 1. The van der Waals surface area contributed by atoms with Crippen molar-refractivity contribution in [3.63, 3.8) is 0 Å². The number of nitrogens with one attached hydrogen (secondary N) is 1. The van der Waals surface area contributed by atoms with Crippen LogP contribution >= 0.6 is 0 Å². The summed E-state index contributed by atoms with van der Waals surface area (Å²) >= 11 is 0. The van der Waals surface area contributed by atoms with E-state index < -0.39 is 0 Å². The molecule has 0 aliphatic heterocycles. The first kappa shape index (κ1) is 20.6. The van der Waals surface area contributed by atoms with Gasteiger partial charge >= 0.3 is 5.97 Å². The molecule has 30 heavy (non-hydrogen) atoms. The van der Waals surface area contributed by atoms with Crippen LogP contribution in [-0.2, 0) is 19.7 Å². The lowest BCUT2D eigenvalue weighted by Crippen LogP contribution is -2.24. The minimum absolute atomic E-state index is 0.160. The molecule has 3 atom stereocenters. The Labute approximate surface area is 178 Å². The lowest BCUT2D eigenvalue weighted by atomic mass is 9.86. The molecule has 2 aliphatic rings. The zero-order chi connectivity index (χ0) is 21.3. The number of fused-ring (bicyclic) bond motifs is 2. The van der Waals surface area contributed by atoms with Gasteiger partial charge in [-0.3, -0.25) is 9.59 Å². The Kier molecular flexibility index (Phi) is 5.67. The maximum atomic E-state index is 12.5. The maximum Gasteiger partial charge on any atom is 0.306 e. The first-order valence-electron chi connectivity index (χ1n) is 10.9. The van der Waals surface area contributed by atoms with Crippen molar-refractivity contribution in [2.75, 3.05) is 11.9 Å². The van der Waals surface area contributed by atoms with Crippen molar-refractivity contribution >= 4 is 17.7 Å². The van der Waals surface area contributed by atoms with Gasteiger partial charge in [-0.15, -0.1) is 0 Å². The number of carbonyl (C=O) groups is 2. The zero-order valence-electron chi connectivity index (χ0n) is 18.1. The molecular formula is C24H31N3O3. The number of benzene rings is 1. The van der Waals surface area contributed by atoms with Crippen LogP contribution in [0.4, 0.5) is 5.82 Å². The van der Waals surface area contributed by atoms with Gasteiger partial charge in [0.1, 0.15) is 5.82 Å². The first-order chi connectivity index (χ1) is 14.3. The third-order valence-electron chi connectivity index (χ3n) is 6.42. The predicted molar refractivity (Wildman–Crippen MR) is 115 cm³/mol. The number of para-hydroxylation sites is 1. The van der Waals surface area contributed by atoms with Crippen molar-refractivity contribution in [3.8, 4) is 5.69 Å². The lowest BCUT2D eigenvalue weighted by molar-refractivity contribution is -0.148. The van der Waals surface area contributed by atoms with Crippen LogP contribution < -0.4 is 5.32 Å². The number of rotatable bonds is 6. The van der Waals surface area contributed by atoms with Gasteiger partial charge in [0.05, 0.1) is 11.4 Å². The van der Waals surface area contributed by atoms with Crippen LogP contribution in [0.1, 0.15) is 58.6 Å². The second-order valence-electron chi connectivity index (χ2n) is 9.76. The Bertz CT molecular complexity index is 914. The van der Waals surface area contributed by atoms with Crippen LogP contribution in [0.2, 0.25) is 0 Å². The summed E-state index contributed by atoms with van der Waals surface area (Å²) in [5.41, 5.74) is 1.57. The van der Waals surface area contributed by atoms with Crippen molar-refractivity contribution in [1.29, 1.82) is 0 Å². The molecule has 2 bridgehead atoms. The highest BCUT2D eigenvalue weighted by Gasteiger charge is 2.40. The van der Waals surface area contributed by atoms with Crippen LogP contribution in [0, 0.1) is 17.8 Å². The van der Waals surface area contributed by atoms with E-state index in [4.69, 9.17) is 4.74 Å². The van der Waals surface area contributed by atoms with Crippen molar-refractivity contribution in [1.82, 2.24) is 9.78 Å². The van der Waals surface area contributed by atoms with Crippen LogP contribution in [0.15, 0.2) is 36.4 Å². The molecule has 0 spiro atoms. The Morgan fingerprint density at radius 3 is 2.57 bits per heavy atom. The van der Waals surface area contributed by atoms with Crippen molar-refractivity contribution < 1.29 is 14.3 Å². The molecule has 1 amide bonds. The molecule has 2 aliphatic carbocycles. The number of hydrogen-bond acceptors (Lipinski definition) is 4. The number of aromatic nitrogens is 2. The maximum absolute atomic E-state index is 12.5. The molecule has 0 saturated heterocycles. The first-order valence-corrected chi connectivity index (χ1v) is 10.9. The van der Waals surface area contributed by atoms with E-state index in [9.17, 15) is 9.59 Å². The van der Waals surface area contributed by atoms with Gasteiger partial charge in [0, 0.05) is 17.9 Å². The van der Waals surface area contributed by atoms with Gasteiger partial charge in [0.2, 0.25) is 0 Å². The third kappa shape index (κ3) is 4.58. The summed E-state index contributed by atoms with van der Waals surface area (Å²) in [6.07, 6.45) is 5.38. The number of amides is 1. The summed E-state index contributed by atoms with van der Waals surface area (Å²) in [6, 6.07) is 11.5. The Balaban J connectivity index is 1.37. The number of esters is 1. The molecule has 2 saturated carbocycles. The molecule has 6 nitrogen and oxygen atoms in total. The quantitative estimate of drug-likeness (QED) is 0.714. The van der Waals surface area contributed by atoms with Gasteiger partial charge < -0.3 is 10.1 Å².